The van der Waals surface area contributed by atoms with Crippen molar-refractivity contribution < 1.29 is 9.59 Å². The fraction of sp³-hybridized carbons (Fsp3) is 0.0588. The van der Waals surface area contributed by atoms with Gasteiger partial charge in [0, 0.05) is 43.2 Å². The number of thioether (sulfide) groups is 4. The first kappa shape index (κ1) is 28.6. The van der Waals surface area contributed by atoms with Crippen LogP contribution in [-0.4, -0.2) is 11.8 Å². The van der Waals surface area contributed by atoms with Gasteiger partial charge < -0.3 is 0 Å². The van der Waals surface area contributed by atoms with E-state index in [1.807, 2.05) is 46.2 Å². The van der Waals surface area contributed by atoms with Crippen molar-refractivity contribution in [2.45, 2.75) is 33.4 Å². The van der Waals surface area contributed by atoms with E-state index in [9.17, 15) is 9.59 Å². The summed E-state index contributed by atoms with van der Waals surface area (Å²) in [4.78, 5) is 35.9. The Morgan fingerprint density at radius 1 is 0.500 bits per heavy atom. The molecule has 0 radical (unpaired) electrons. The van der Waals surface area contributed by atoms with Gasteiger partial charge in [0.25, 0.3) is 0 Å². The number of rotatable bonds is 2. The van der Waals surface area contributed by atoms with Gasteiger partial charge in [0.1, 0.15) is 0 Å². The number of amides is 2. The van der Waals surface area contributed by atoms with Crippen molar-refractivity contribution in [3.8, 4) is 0 Å². The van der Waals surface area contributed by atoms with Gasteiger partial charge in [0.15, 0.2) is 0 Å². The number of hydrogen-bond donors (Lipinski definition) is 0. The van der Waals surface area contributed by atoms with Crippen LogP contribution >= 0.6 is 70.6 Å². The smallest absolute Gasteiger partial charge is 0.228 e. The minimum Gasteiger partial charge on any atom is -0.279 e. The molecule has 4 heterocycles. The molecule has 4 aliphatic rings. The topological polar surface area (TPSA) is 40.6 Å². The van der Waals surface area contributed by atoms with Crippen molar-refractivity contribution in [3.05, 3.63) is 115 Å². The van der Waals surface area contributed by atoms with Gasteiger partial charge in [0.05, 0.1) is 31.2 Å². The van der Waals surface area contributed by atoms with Crippen LogP contribution in [0.5, 0.6) is 0 Å². The summed E-state index contributed by atoms with van der Waals surface area (Å²) in [7, 11) is 0. The second-order valence-electron chi connectivity index (χ2n) is 10.2. The van der Waals surface area contributed by atoms with E-state index in [2.05, 4.69) is 59.3 Å². The molecule has 0 N–H and O–H groups in total. The zero-order valence-electron chi connectivity index (χ0n) is 23.4. The van der Waals surface area contributed by atoms with E-state index in [1.165, 1.54) is 18.3 Å². The molecule has 0 saturated carbocycles. The average Bonchev–Trinajstić information content (AvgIpc) is 3.72. The molecular weight excluding hydrogens is 661 g/mol. The lowest BCUT2D eigenvalue weighted by Crippen LogP contribution is -2.25. The molecule has 0 fully saturated rings. The third-order valence-corrected chi connectivity index (χ3v) is 15.0. The molecule has 0 aromatic heterocycles. The van der Waals surface area contributed by atoms with E-state index >= 15 is 0 Å². The Bertz CT molecular complexity index is 1870. The van der Waals surface area contributed by atoms with E-state index < -0.39 is 0 Å². The number of hydrogen-bond acceptors (Lipinski definition) is 8. The molecule has 0 aliphatic carbocycles. The number of anilines is 4. The van der Waals surface area contributed by atoms with Crippen LogP contribution in [0.3, 0.4) is 0 Å². The van der Waals surface area contributed by atoms with Gasteiger partial charge in [-0.15, -0.1) is 0 Å². The van der Waals surface area contributed by atoms with Crippen molar-refractivity contribution in [1.82, 2.24) is 0 Å². The molecule has 216 valence electrons. The Balaban J connectivity index is 1.03. The first-order valence-corrected chi connectivity index (χ1v) is 18.7. The molecule has 8 rings (SSSR count). The molecular formula is C34H22N2O2S6. The Hall–Kier alpha value is -2.86. The lowest BCUT2D eigenvalue weighted by atomic mass is 10.1. The maximum absolute atomic E-state index is 12.8. The van der Waals surface area contributed by atoms with Crippen molar-refractivity contribution in [3.63, 3.8) is 0 Å². The molecule has 44 heavy (non-hydrogen) atoms. The Labute approximate surface area is 281 Å². The first-order valence-electron chi connectivity index (χ1n) is 13.7. The third kappa shape index (κ3) is 4.96. The van der Waals surface area contributed by atoms with Crippen molar-refractivity contribution >= 4 is 115 Å². The number of fused-ring (bicyclic) bond motifs is 4. The van der Waals surface area contributed by atoms with Crippen LogP contribution in [0.4, 0.5) is 22.7 Å². The van der Waals surface area contributed by atoms with Crippen molar-refractivity contribution in [2.75, 3.05) is 9.80 Å². The number of benzene rings is 4. The molecule has 0 spiro atoms. The number of para-hydroxylation sites is 2. The normalized spacial score (nSPS) is 18.2. The summed E-state index contributed by atoms with van der Waals surface area (Å²) in [6.07, 6.45) is 0. The second-order valence-corrected chi connectivity index (χ2v) is 16.7. The summed E-state index contributed by atoms with van der Waals surface area (Å²) in [6, 6.07) is 29.0. The van der Waals surface area contributed by atoms with Crippen molar-refractivity contribution in [1.29, 1.82) is 0 Å². The highest BCUT2D eigenvalue weighted by molar-refractivity contribution is 8.36. The van der Waals surface area contributed by atoms with E-state index in [0.29, 0.717) is 0 Å². The molecule has 0 unspecified atom stereocenters. The van der Waals surface area contributed by atoms with Crippen molar-refractivity contribution in [2.24, 2.45) is 0 Å². The molecule has 2 amide bonds. The standard InChI is InChI=1S/C34H22N2O2S6/c1-19(37)35-23-7-3-5-9-27(23)41-29-13-11-21(15-25(29)35)31-17-39-33(43-31)34-40-18-32(44-34)22-12-14-30-26(16-22)36(20(2)38)24-8-4-6-10-28(24)42-30/h3-18H,1-2H3/b34-33-. The van der Waals surface area contributed by atoms with E-state index in [4.69, 9.17) is 0 Å². The molecule has 4 nitrogen and oxygen atoms in total. The van der Waals surface area contributed by atoms with Crippen LogP contribution < -0.4 is 9.80 Å². The van der Waals surface area contributed by atoms with Gasteiger partial charge in [-0.2, -0.15) is 0 Å². The number of carbonyl (C=O) groups excluding carboxylic acids is 2. The predicted octanol–water partition coefficient (Wildman–Crippen LogP) is 11.4. The van der Waals surface area contributed by atoms with Crippen LogP contribution in [0, 0.1) is 0 Å². The fourth-order valence-corrected chi connectivity index (χ4v) is 12.4. The Morgan fingerprint density at radius 2 is 0.909 bits per heavy atom. The Kier molecular flexibility index (Phi) is 7.47. The monoisotopic (exact) mass is 682 g/mol. The molecule has 0 atom stereocenters. The van der Waals surface area contributed by atoms with Crippen LogP contribution in [0.15, 0.2) is 124 Å². The zero-order valence-corrected chi connectivity index (χ0v) is 28.3. The summed E-state index contributed by atoms with van der Waals surface area (Å²) >= 11 is 10.5. The zero-order chi connectivity index (χ0) is 29.9. The molecule has 10 heteroatoms. The second kappa shape index (κ2) is 11.5. The number of carbonyl (C=O) groups is 2. The summed E-state index contributed by atoms with van der Waals surface area (Å²) in [5.41, 5.74) is 5.98. The van der Waals surface area contributed by atoms with Crippen LogP contribution in [0.25, 0.3) is 9.81 Å². The lowest BCUT2D eigenvalue weighted by Gasteiger charge is -2.30. The van der Waals surface area contributed by atoms with Crippen LogP contribution in [0.2, 0.25) is 0 Å². The summed E-state index contributed by atoms with van der Waals surface area (Å²) in [5.74, 6) is 0.0188. The van der Waals surface area contributed by atoms with Gasteiger partial charge in [-0.25, -0.2) is 0 Å². The highest BCUT2D eigenvalue weighted by Gasteiger charge is 2.30. The minimum absolute atomic E-state index is 0.00940. The van der Waals surface area contributed by atoms with E-state index in [1.54, 1.807) is 84.4 Å². The highest BCUT2D eigenvalue weighted by Crippen LogP contribution is 2.60. The van der Waals surface area contributed by atoms with E-state index in [0.717, 1.165) is 53.5 Å². The fourth-order valence-electron chi connectivity index (χ4n) is 5.44. The van der Waals surface area contributed by atoms with Gasteiger partial charge in [-0.1, -0.05) is 107 Å². The van der Waals surface area contributed by atoms with Gasteiger partial charge in [0.2, 0.25) is 11.8 Å². The maximum atomic E-state index is 12.8. The van der Waals surface area contributed by atoms with Gasteiger partial charge >= 0.3 is 0 Å². The summed E-state index contributed by atoms with van der Waals surface area (Å²) in [6.45, 7) is 3.25. The summed E-state index contributed by atoms with van der Waals surface area (Å²) in [5, 5.41) is 4.43. The Morgan fingerprint density at radius 3 is 1.34 bits per heavy atom. The number of nitrogens with zero attached hydrogens (tertiary/aromatic N) is 2. The lowest BCUT2D eigenvalue weighted by molar-refractivity contribution is -0.116. The molecule has 0 bridgehead atoms. The molecule has 0 saturated heterocycles. The molecule has 4 aliphatic heterocycles. The maximum Gasteiger partial charge on any atom is 0.228 e. The van der Waals surface area contributed by atoms with Crippen LogP contribution in [0.1, 0.15) is 25.0 Å². The highest BCUT2D eigenvalue weighted by atomic mass is 32.2. The predicted molar refractivity (Wildman–Crippen MR) is 193 cm³/mol. The summed E-state index contributed by atoms with van der Waals surface area (Å²) < 4.78 is 2.52. The minimum atomic E-state index is 0.00940. The van der Waals surface area contributed by atoms with E-state index in [-0.39, 0.29) is 11.8 Å². The largest absolute Gasteiger partial charge is 0.279 e. The SMILES string of the molecule is CC(=O)N1c2ccccc2Sc2ccc(C3=CS/C(=C4\SC=C(c5ccc6c(c5)N(C(C)=O)c5ccccc5S6)S4)S3)cc21. The molecule has 4 aromatic rings. The first-order chi connectivity index (χ1) is 21.4. The average molecular weight is 683 g/mol. The van der Waals surface area contributed by atoms with Gasteiger partial charge in [-0.05, 0) is 70.5 Å². The molecule has 4 aromatic carbocycles. The van der Waals surface area contributed by atoms with Gasteiger partial charge in [-0.3, -0.25) is 19.4 Å². The third-order valence-electron chi connectivity index (χ3n) is 7.37. The van der Waals surface area contributed by atoms with Crippen LogP contribution in [-0.2, 0) is 9.59 Å². The quantitative estimate of drug-likeness (QED) is 0.207.